The summed E-state index contributed by atoms with van der Waals surface area (Å²) in [7, 11) is 1.57. The highest BCUT2D eigenvalue weighted by atomic mass is 16.5. The van der Waals surface area contributed by atoms with Crippen molar-refractivity contribution in [1.82, 2.24) is 5.32 Å². The number of furan rings is 1. The lowest BCUT2D eigenvalue weighted by atomic mass is 10.0. The van der Waals surface area contributed by atoms with E-state index in [0.29, 0.717) is 30.1 Å². The van der Waals surface area contributed by atoms with Gasteiger partial charge in [0.05, 0.1) is 13.2 Å². The molecule has 120 valence electrons. The highest BCUT2D eigenvalue weighted by Gasteiger charge is 2.20. The Kier molecular flexibility index (Phi) is 5.08. The van der Waals surface area contributed by atoms with Gasteiger partial charge in [0.15, 0.2) is 17.1 Å². The Morgan fingerprint density at radius 1 is 1.41 bits per heavy atom. The Balaban J connectivity index is 2.17. The molecule has 0 fully saturated rings. The van der Waals surface area contributed by atoms with E-state index in [0.717, 1.165) is 10.9 Å². The van der Waals surface area contributed by atoms with Crippen LogP contribution in [-0.4, -0.2) is 30.8 Å². The number of benzene rings is 1. The van der Waals surface area contributed by atoms with Crippen molar-refractivity contribution in [1.29, 1.82) is 0 Å². The molecule has 1 heterocycles. The van der Waals surface area contributed by atoms with Crippen LogP contribution in [0.25, 0.3) is 11.0 Å². The van der Waals surface area contributed by atoms with Crippen LogP contribution in [0.2, 0.25) is 0 Å². The Hall–Kier alpha value is -2.01. The van der Waals surface area contributed by atoms with E-state index in [-0.39, 0.29) is 17.9 Å². The van der Waals surface area contributed by atoms with Crippen LogP contribution in [0.4, 0.5) is 0 Å². The van der Waals surface area contributed by atoms with Crippen LogP contribution in [0.3, 0.4) is 0 Å². The van der Waals surface area contributed by atoms with E-state index in [1.54, 1.807) is 20.1 Å². The zero-order valence-electron chi connectivity index (χ0n) is 13.5. The fraction of sp³-hybridized carbons (Fsp3) is 0.471. The number of fused-ring (bicyclic) bond motifs is 1. The van der Waals surface area contributed by atoms with Crippen LogP contribution in [0.15, 0.2) is 22.6 Å². The molecule has 0 spiro atoms. The average Bonchev–Trinajstić information content (AvgIpc) is 2.81. The Bertz CT molecular complexity index is 660. The van der Waals surface area contributed by atoms with E-state index in [9.17, 15) is 9.90 Å². The van der Waals surface area contributed by atoms with Gasteiger partial charge in [-0.25, -0.2) is 0 Å². The molecule has 5 heteroatoms. The van der Waals surface area contributed by atoms with Gasteiger partial charge in [-0.3, -0.25) is 4.79 Å². The summed E-state index contributed by atoms with van der Waals surface area (Å²) in [6.07, 6.45) is 0.275. The number of carbonyl (C=O) groups is 1. The summed E-state index contributed by atoms with van der Waals surface area (Å²) in [4.78, 5) is 12.3. The molecule has 22 heavy (non-hydrogen) atoms. The lowest BCUT2D eigenvalue weighted by Crippen LogP contribution is -2.29. The lowest BCUT2D eigenvalue weighted by molar-refractivity contribution is 0.0913. The second-order valence-electron chi connectivity index (χ2n) is 5.79. The van der Waals surface area contributed by atoms with Gasteiger partial charge in [-0.2, -0.15) is 0 Å². The van der Waals surface area contributed by atoms with Gasteiger partial charge < -0.3 is 19.6 Å². The average molecular weight is 305 g/mol. The summed E-state index contributed by atoms with van der Waals surface area (Å²) in [5.74, 6) is 0.877. The summed E-state index contributed by atoms with van der Waals surface area (Å²) < 4.78 is 11.0. The quantitative estimate of drug-likeness (QED) is 0.861. The van der Waals surface area contributed by atoms with Crippen LogP contribution in [-0.2, 0) is 0 Å². The van der Waals surface area contributed by atoms with Gasteiger partial charge in [0.2, 0.25) is 0 Å². The normalized spacial score (nSPS) is 13.9. The molecule has 0 aliphatic carbocycles. The van der Waals surface area contributed by atoms with Crippen LogP contribution in [0.5, 0.6) is 5.75 Å². The molecule has 1 aromatic carbocycles. The molecular formula is C17H23NO4. The highest BCUT2D eigenvalue weighted by Crippen LogP contribution is 2.32. The predicted molar refractivity (Wildman–Crippen MR) is 85.3 cm³/mol. The molecule has 2 atom stereocenters. The first-order chi connectivity index (χ1) is 10.4. The van der Waals surface area contributed by atoms with E-state index in [1.807, 2.05) is 26.0 Å². The van der Waals surface area contributed by atoms with Gasteiger partial charge in [0.1, 0.15) is 0 Å². The highest BCUT2D eigenvalue weighted by molar-refractivity contribution is 6.00. The number of para-hydroxylation sites is 1. The number of methoxy groups -OCH3 is 1. The number of aliphatic hydroxyl groups is 1. The summed E-state index contributed by atoms with van der Waals surface area (Å²) >= 11 is 0. The van der Waals surface area contributed by atoms with Crippen molar-refractivity contribution in [3.8, 4) is 5.75 Å². The zero-order chi connectivity index (χ0) is 16.3. The molecule has 2 rings (SSSR count). The maximum Gasteiger partial charge on any atom is 0.287 e. The van der Waals surface area contributed by atoms with Gasteiger partial charge in [-0.15, -0.1) is 0 Å². The van der Waals surface area contributed by atoms with E-state index >= 15 is 0 Å². The minimum absolute atomic E-state index is 0.197. The number of rotatable bonds is 6. The number of ether oxygens (including phenoxy) is 1. The molecule has 0 aliphatic rings. The van der Waals surface area contributed by atoms with Gasteiger partial charge >= 0.3 is 0 Å². The Labute approximate surface area is 130 Å². The van der Waals surface area contributed by atoms with Crippen molar-refractivity contribution < 1.29 is 19.1 Å². The van der Waals surface area contributed by atoms with Crippen LogP contribution in [0.1, 0.15) is 36.4 Å². The van der Waals surface area contributed by atoms with Crippen molar-refractivity contribution in [3.63, 3.8) is 0 Å². The molecule has 2 unspecified atom stereocenters. The number of hydrogen-bond acceptors (Lipinski definition) is 4. The molecule has 0 aliphatic heterocycles. The largest absolute Gasteiger partial charge is 0.493 e. The standard InChI is InChI=1S/C17H23NO4/c1-10(8-11(2)19)9-18-17(20)15-12(3)13-6-5-7-14(21-4)16(13)22-15/h5-7,10-11,19H,8-9H2,1-4H3,(H,18,20). The maximum absolute atomic E-state index is 12.3. The molecule has 2 N–H and O–H groups in total. The van der Waals surface area contributed by atoms with Crippen LogP contribution >= 0.6 is 0 Å². The fourth-order valence-corrected chi connectivity index (χ4v) is 2.61. The molecule has 0 saturated carbocycles. The number of amides is 1. The van der Waals surface area contributed by atoms with Gasteiger partial charge in [0, 0.05) is 17.5 Å². The third kappa shape index (κ3) is 3.42. The predicted octanol–water partition coefficient (Wildman–Crippen LogP) is 2.89. The minimum atomic E-state index is -0.371. The molecule has 1 aromatic heterocycles. The van der Waals surface area contributed by atoms with E-state index in [1.165, 1.54) is 0 Å². The Morgan fingerprint density at radius 3 is 2.77 bits per heavy atom. The zero-order valence-corrected chi connectivity index (χ0v) is 13.5. The third-order valence-corrected chi connectivity index (χ3v) is 3.71. The van der Waals surface area contributed by atoms with E-state index < -0.39 is 0 Å². The minimum Gasteiger partial charge on any atom is -0.493 e. The second kappa shape index (κ2) is 6.83. The number of carbonyl (C=O) groups excluding carboxylic acids is 1. The summed E-state index contributed by atoms with van der Waals surface area (Å²) in [5.41, 5.74) is 1.39. The molecule has 2 aromatic rings. The monoisotopic (exact) mass is 305 g/mol. The van der Waals surface area contributed by atoms with Gasteiger partial charge in [-0.05, 0) is 32.3 Å². The fourth-order valence-electron chi connectivity index (χ4n) is 2.61. The van der Waals surface area contributed by atoms with Crippen molar-refractivity contribution in [2.45, 2.75) is 33.3 Å². The van der Waals surface area contributed by atoms with E-state index in [2.05, 4.69) is 5.32 Å². The van der Waals surface area contributed by atoms with Crippen molar-refractivity contribution in [3.05, 3.63) is 29.5 Å². The SMILES string of the molecule is COc1cccc2c(C)c(C(=O)NCC(C)CC(C)O)oc12. The summed E-state index contributed by atoms with van der Waals surface area (Å²) in [5, 5.41) is 13.1. The third-order valence-electron chi connectivity index (χ3n) is 3.71. The van der Waals surface area contributed by atoms with Crippen molar-refractivity contribution in [2.75, 3.05) is 13.7 Å². The number of nitrogens with one attached hydrogen (secondary N) is 1. The summed E-state index contributed by atoms with van der Waals surface area (Å²) in [6.45, 7) is 6.09. The maximum atomic E-state index is 12.3. The first-order valence-electron chi connectivity index (χ1n) is 7.46. The number of aryl methyl sites for hydroxylation is 1. The van der Waals surface area contributed by atoms with Gasteiger partial charge in [-0.1, -0.05) is 19.1 Å². The smallest absolute Gasteiger partial charge is 0.287 e. The molecule has 0 saturated heterocycles. The number of hydrogen-bond donors (Lipinski definition) is 2. The lowest BCUT2D eigenvalue weighted by Gasteiger charge is -2.13. The number of aliphatic hydroxyl groups excluding tert-OH is 1. The van der Waals surface area contributed by atoms with E-state index in [4.69, 9.17) is 9.15 Å². The first-order valence-corrected chi connectivity index (χ1v) is 7.46. The topological polar surface area (TPSA) is 71.7 Å². The van der Waals surface area contributed by atoms with Crippen LogP contribution < -0.4 is 10.1 Å². The first kappa shape index (κ1) is 16.4. The molecule has 0 radical (unpaired) electrons. The molecule has 5 nitrogen and oxygen atoms in total. The van der Waals surface area contributed by atoms with Gasteiger partial charge in [0.25, 0.3) is 5.91 Å². The summed E-state index contributed by atoms with van der Waals surface area (Å²) in [6, 6.07) is 5.58. The van der Waals surface area contributed by atoms with Crippen molar-refractivity contribution in [2.24, 2.45) is 5.92 Å². The van der Waals surface area contributed by atoms with Crippen LogP contribution in [0, 0.1) is 12.8 Å². The second-order valence-corrected chi connectivity index (χ2v) is 5.79. The Morgan fingerprint density at radius 2 is 2.14 bits per heavy atom. The molecule has 1 amide bonds. The molecule has 0 bridgehead atoms. The molecular weight excluding hydrogens is 282 g/mol. The van der Waals surface area contributed by atoms with Crippen molar-refractivity contribution >= 4 is 16.9 Å².